The Hall–Kier alpha value is -3.17. The van der Waals surface area contributed by atoms with Crippen molar-refractivity contribution < 1.29 is 14.6 Å². The van der Waals surface area contributed by atoms with Gasteiger partial charge in [-0.15, -0.1) is 11.8 Å². The molecule has 0 saturated carbocycles. The lowest BCUT2D eigenvalue weighted by molar-refractivity contribution is 0.0905. The van der Waals surface area contributed by atoms with Crippen LogP contribution in [0.3, 0.4) is 0 Å². The number of aromatic hydroxyl groups is 1. The summed E-state index contributed by atoms with van der Waals surface area (Å²) in [5.74, 6) is 1.44. The first-order chi connectivity index (χ1) is 16.1. The Labute approximate surface area is 196 Å². The molecule has 1 amide bonds. The third-order valence-electron chi connectivity index (χ3n) is 5.85. The Morgan fingerprint density at radius 1 is 1.18 bits per heavy atom. The van der Waals surface area contributed by atoms with Gasteiger partial charge in [0.25, 0.3) is 5.91 Å². The average molecular weight is 464 g/mol. The number of hydrogen-bond acceptors (Lipinski definition) is 8. The second-order valence-electron chi connectivity index (χ2n) is 8.12. The molecule has 170 valence electrons. The molecule has 2 aliphatic heterocycles. The van der Waals surface area contributed by atoms with Gasteiger partial charge in [-0.1, -0.05) is 0 Å². The number of thioether (sulfide) groups is 1. The minimum atomic E-state index is -0.0359. The van der Waals surface area contributed by atoms with Gasteiger partial charge in [0.05, 0.1) is 22.9 Å². The van der Waals surface area contributed by atoms with E-state index in [4.69, 9.17) is 4.74 Å². The first-order valence-electron chi connectivity index (χ1n) is 11.1. The van der Waals surface area contributed by atoms with Gasteiger partial charge in [-0.05, 0) is 43.2 Å². The number of ether oxygens (including phenoxy) is 1. The highest BCUT2D eigenvalue weighted by Gasteiger charge is 2.21. The number of fused-ring (bicyclic) bond motifs is 2. The number of aromatic nitrogens is 2. The number of amides is 1. The molecular formula is C24H25N5O3S. The van der Waals surface area contributed by atoms with E-state index in [1.54, 1.807) is 36.2 Å². The highest BCUT2D eigenvalue weighted by atomic mass is 32.2. The van der Waals surface area contributed by atoms with Crippen molar-refractivity contribution in [2.75, 3.05) is 32.0 Å². The van der Waals surface area contributed by atoms with Gasteiger partial charge in [0.15, 0.2) is 0 Å². The van der Waals surface area contributed by atoms with Crippen LogP contribution in [0.5, 0.6) is 11.6 Å². The first kappa shape index (κ1) is 21.7. The van der Waals surface area contributed by atoms with E-state index < -0.39 is 0 Å². The lowest BCUT2D eigenvalue weighted by atomic mass is 10.0. The van der Waals surface area contributed by atoms with Gasteiger partial charge in [0.1, 0.15) is 12.4 Å². The number of rotatable bonds is 6. The monoisotopic (exact) mass is 463 g/mol. The number of benzene rings is 2. The second kappa shape index (κ2) is 9.76. The van der Waals surface area contributed by atoms with Crippen LogP contribution >= 0.6 is 11.8 Å². The number of carbonyl (C=O) groups is 1. The number of nitrogens with zero attached hydrogens (tertiary/aromatic N) is 4. The topological polar surface area (TPSA) is 99.9 Å². The second-order valence-corrected chi connectivity index (χ2v) is 9.19. The van der Waals surface area contributed by atoms with E-state index in [1.165, 1.54) is 0 Å². The van der Waals surface area contributed by atoms with Crippen LogP contribution in [0.15, 0.2) is 52.5 Å². The average Bonchev–Trinajstić information content (AvgIpc) is 2.84. The van der Waals surface area contributed by atoms with Gasteiger partial charge in [0, 0.05) is 54.2 Å². The molecule has 2 N–H and O–H groups in total. The molecule has 0 aliphatic carbocycles. The summed E-state index contributed by atoms with van der Waals surface area (Å²) in [6.07, 6.45) is 5.29. The molecule has 2 aliphatic rings. The largest absolute Gasteiger partial charge is 0.508 e. The fourth-order valence-corrected chi connectivity index (χ4v) is 4.80. The zero-order valence-corrected chi connectivity index (χ0v) is 18.9. The highest BCUT2D eigenvalue weighted by Crippen LogP contribution is 2.33. The van der Waals surface area contributed by atoms with Crippen LogP contribution in [0, 0.1) is 0 Å². The zero-order chi connectivity index (χ0) is 22.6. The molecule has 0 bridgehead atoms. The van der Waals surface area contributed by atoms with Crippen molar-refractivity contribution >= 4 is 40.6 Å². The first-order valence-corrected chi connectivity index (χ1v) is 12.0. The lowest BCUT2D eigenvalue weighted by Gasteiger charge is -2.32. The molecule has 3 aromatic rings. The Morgan fingerprint density at radius 3 is 2.94 bits per heavy atom. The van der Waals surface area contributed by atoms with Gasteiger partial charge >= 0.3 is 0 Å². The molecule has 1 fully saturated rings. The third kappa shape index (κ3) is 5.26. The van der Waals surface area contributed by atoms with Crippen molar-refractivity contribution in [1.82, 2.24) is 20.2 Å². The molecular weight excluding hydrogens is 438 g/mol. The Balaban J connectivity index is 1.07. The smallest absolute Gasteiger partial charge is 0.251 e. The number of nitrogens with one attached hydrogen (secondary N) is 1. The Kier molecular flexibility index (Phi) is 6.41. The molecule has 0 atom stereocenters. The summed E-state index contributed by atoms with van der Waals surface area (Å²) >= 11 is 1.74. The Morgan fingerprint density at radius 2 is 2.06 bits per heavy atom. The summed E-state index contributed by atoms with van der Waals surface area (Å²) in [4.78, 5) is 29.3. The van der Waals surface area contributed by atoms with Crippen molar-refractivity contribution in [3.05, 3.63) is 48.2 Å². The Bertz CT molecular complexity index is 1190. The van der Waals surface area contributed by atoms with E-state index in [1.807, 2.05) is 24.4 Å². The number of piperidine rings is 1. The van der Waals surface area contributed by atoms with Crippen LogP contribution in [-0.4, -0.2) is 70.1 Å². The molecule has 1 saturated heterocycles. The van der Waals surface area contributed by atoms with E-state index in [0.717, 1.165) is 48.8 Å². The van der Waals surface area contributed by atoms with Crippen molar-refractivity contribution in [3.63, 3.8) is 0 Å². The maximum Gasteiger partial charge on any atom is 0.251 e. The number of phenols is 1. The van der Waals surface area contributed by atoms with Crippen LogP contribution < -0.4 is 10.1 Å². The number of aliphatic imine (C=N–C) groups is 1. The normalized spacial score (nSPS) is 16.5. The number of phenolic OH excluding ortho intramolecular Hbond substituents is 1. The summed E-state index contributed by atoms with van der Waals surface area (Å²) in [7, 11) is 0. The molecule has 9 heteroatoms. The molecule has 5 rings (SSSR count). The van der Waals surface area contributed by atoms with Gasteiger partial charge in [-0.25, -0.2) is 9.97 Å². The van der Waals surface area contributed by atoms with Crippen LogP contribution in [0.25, 0.3) is 11.0 Å². The summed E-state index contributed by atoms with van der Waals surface area (Å²) < 4.78 is 5.77. The minimum Gasteiger partial charge on any atom is -0.508 e. The van der Waals surface area contributed by atoms with E-state index in [9.17, 15) is 9.90 Å². The molecule has 2 aromatic carbocycles. The third-order valence-corrected chi connectivity index (χ3v) is 6.82. The van der Waals surface area contributed by atoms with E-state index in [2.05, 4.69) is 25.2 Å². The van der Waals surface area contributed by atoms with Crippen LogP contribution in [-0.2, 0) is 0 Å². The SMILES string of the molecule is O=C(NC1CCN(CCOc2cnc3ccc(O)cc3n2)CC1)c1ccc2c(c1)N=CCS2. The fraction of sp³-hybridized carbons (Fsp3) is 0.333. The molecule has 0 unspecified atom stereocenters. The van der Waals surface area contributed by atoms with Gasteiger partial charge in [-0.2, -0.15) is 0 Å². The molecule has 0 radical (unpaired) electrons. The van der Waals surface area contributed by atoms with Gasteiger partial charge in [-0.3, -0.25) is 14.7 Å². The van der Waals surface area contributed by atoms with E-state index >= 15 is 0 Å². The van der Waals surface area contributed by atoms with Crippen LogP contribution in [0.2, 0.25) is 0 Å². The van der Waals surface area contributed by atoms with Crippen molar-refractivity contribution in [1.29, 1.82) is 0 Å². The van der Waals surface area contributed by atoms with Gasteiger partial charge < -0.3 is 15.2 Å². The maximum absolute atomic E-state index is 12.7. The molecule has 3 heterocycles. The molecule has 0 spiro atoms. The van der Waals surface area contributed by atoms with Crippen molar-refractivity contribution in [3.8, 4) is 11.6 Å². The number of carbonyl (C=O) groups excluding carboxylic acids is 1. The van der Waals surface area contributed by atoms with Gasteiger partial charge in [0.2, 0.25) is 5.88 Å². The van der Waals surface area contributed by atoms with Crippen molar-refractivity contribution in [2.24, 2.45) is 4.99 Å². The molecule has 33 heavy (non-hydrogen) atoms. The lowest BCUT2D eigenvalue weighted by Crippen LogP contribution is -2.45. The zero-order valence-electron chi connectivity index (χ0n) is 18.1. The number of likely N-dealkylation sites (tertiary alicyclic amines) is 1. The maximum atomic E-state index is 12.7. The minimum absolute atomic E-state index is 0.0359. The molecule has 8 nitrogen and oxygen atoms in total. The predicted molar refractivity (Wildman–Crippen MR) is 129 cm³/mol. The van der Waals surface area contributed by atoms with E-state index in [0.29, 0.717) is 29.1 Å². The van der Waals surface area contributed by atoms with E-state index in [-0.39, 0.29) is 17.7 Å². The standard InChI is InChI=1S/C24H25N5O3S/c30-18-2-3-19-20(14-18)28-23(15-26-19)32-11-10-29-8-5-17(6-9-29)27-24(31)16-1-4-22-21(13-16)25-7-12-33-22/h1-4,7,13-15,17,30H,5-6,8-12H2,(H,27,31). The predicted octanol–water partition coefficient (Wildman–Crippen LogP) is 3.42. The summed E-state index contributed by atoms with van der Waals surface area (Å²) in [5.41, 5.74) is 2.86. The summed E-state index contributed by atoms with van der Waals surface area (Å²) in [6, 6.07) is 10.8. The van der Waals surface area contributed by atoms with Crippen molar-refractivity contribution in [2.45, 2.75) is 23.8 Å². The van der Waals surface area contributed by atoms with Crippen LogP contribution in [0.1, 0.15) is 23.2 Å². The summed E-state index contributed by atoms with van der Waals surface area (Å²) in [6.45, 7) is 3.08. The highest BCUT2D eigenvalue weighted by molar-refractivity contribution is 8.00. The molecule has 1 aromatic heterocycles. The number of hydrogen-bond donors (Lipinski definition) is 2. The fourth-order valence-electron chi connectivity index (χ4n) is 4.05. The quantitative estimate of drug-likeness (QED) is 0.578. The van der Waals surface area contributed by atoms with Crippen LogP contribution in [0.4, 0.5) is 5.69 Å². The summed E-state index contributed by atoms with van der Waals surface area (Å²) in [5, 5.41) is 12.8.